The van der Waals surface area contributed by atoms with Gasteiger partial charge in [0, 0.05) is 11.3 Å². The SMILES string of the molecule is Cc1cccc(C)c1NC(=O)CNC(=O)C(C)OC(=O)c1ccccc1COc1ccccc1. The molecule has 0 radical (unpaired) electrons. The first-order chi connectivity index (χ1) is 16.3. The second kappa shape index (κ2) is 11.7. The van der Waals surface area contributed by atoms with Crippen LogP contribution in [0.2, 0.25) is 0 Å². The molecule has 1 unspecified atom stereocenters. The molecule has 3 rings (SSSR count). The normalized spacial score (nSPS) is 11.3. The Morgan fingerprint density at radius 3 is 2.21 bits per heavy atom. The van der Waals surface area contributed by atoms with Gasteiger partial charge in [-0.05, 0) is 50.1 Å². The molecule has 176 valence electrons. The Morgan fingerprint density at radius 2 is 1.50 bits per heavy atom. The van der Waals surface area contributed by atoms with Crippen LogP contribution >= 0.6 is 0 Å². The van der Waals surface area contributed by atoms with Crippen molar-refractivity contribution in [1.82, 2.24) is 5.32 Å². The molecular weight excluding hydrogens is 432 g/mol. The van der Waals surface area contributed by atoms with Crippen molar-refractivity contribution in [2.45, 2.75) is 33.5 Å². The Hall–Kier alpha value is -4.13. The number of esters is 1. The summed E-state index contributed by atoms with van der Waals surface area (Å²) in [6.45, 7) is 5.18. The van der Waals surface area contributed by atoms with Crippen LogP contribution in [0.25, 0.3) is 0 Å². The molecule has 0 bridgehead atoms. The number of ether oxygens (including phenoxy) is 2. The third kappa shape index (κ3) is 6.68. The summed E-state index contributed by atoms with van der Waals surface area (Å²) in [5.74, 6) is -0.900. The lowest BCUT2D eigenvalue weighted by Gasteiger charge is -2.16. The van der Waals surface area contributed by atoms with Crippen molar-refractivity contribution in [1.29, 1.82) is 0 Å². The Labute approximate surface area is 199 Å². The summed E-state index contributed by atoms with van der Waals surface area (Å²) in [4.78, 5) is 37.4. The van der Waals surface area contributed by atoms with Crippen molar-refractivity contribution in [2.24, 2.45) is 0 Å². The number of carbonyl (C=O) groups is 3. The molecule has 3 aromatic carbocycles. The molecule has 2 amide bonds. The van der Waals surface area contributed by atoms with Crippen molar-refractivity contribution in [2.75, 3.05) is 11.9 Å². The zero-order valence-electron chi connectivity index (χ0n) is 19.5. The van der Waals surface area contributed by atoms with Gasteiger partial charge in [0.05, 0.1) is 12.1 Å². The molecule has 0 saturated heterocycles. The topological polar surface area (TPSA) is 93.7 Å². The Bertz CT molecular complexity index is 1140. The van der Waals surface area contributed by atoms with Crippen LogP contribution in [-0.4, -0.2) is 30.4 Å². The Balaban J connectivity index is 1.53. The monoisotopic (exact) mass is 460 g/mol. The third-order valence-electron chi connectivity index (χ3n) is 5.20. The van der Waals surface area contributed by atoms with Crippen molar-refractivity contribution < 1.29 is 23.9 Å². The number of rotatable bonds is 9. The molecule has 0 spiro atoms. The van der Waals surface area contributed by atoms with Gasteiger partial charge < -0.3 is 20.1 Å². The summed E-state index contributed by atoms with van der Waals surface area (Å²) in [6, 6.07) is 21.8. The van der Waals surface area contributed by atoms with Gasteiger partial charge in [-0.25, -0.2) is 4.79 Å². The highest BCUT2D eigenvalue weighted by Crippen LogP contribution is 2.19. The van der Waals surface area contributed by atoms with E-state index in [1.165, 1.54) is 6.92 Å². The maximum absolute atomic E-state index is 12.7. The molecule has 0 aliphatic carbocycles. The van der Waals surface area contributed by atoms with Crippen LogP contribution in [0.4, 0.5) is 5.69 Å². The van der Waals surface area contributed by atoms with E-state index in [2.05, 4.69) is 10.6 Å². The van der Waals surface area contributed by atoms with Crippen LogP contribution in [0.3, 0.4) is 0 Å². The molecular formula is C27H28N2O5. The molecule has 2 N–H and O–H groups in total. The zero-order valence-corrected chi connectivity index (χ0v) is 19.5. The molecule has 0 saturated carbocycles. The van der Waals surface area contributed by atoms with Crippen LogP contribution < -0.4 is 15.4 Å². The lowest BCUT2D eigenvalue weighted by atomic mass is 10.1. The molecule has 34 heavy (non-hydrogen) atoms. The summed E-state index contributed by atoms with van der Waals surface area (Å²) < 4.78 is 11.1. The first-order valence-electron chi connectivity index (χ1n) is 11.0. The van der Waals surface area contributed by atoms with Crippen LogP contribution in [-0.2, 0) is 20.9 Å². The average molecular weight is 461 g/mol. The smallest absolute Gasteiger partial charge is 0.339 e. The highest BCUT2D eigenvalue weighted by atomic mass is 16.5. The standard InChI is InChI=1S/C27H28N2O5/c1-18-10-9-11-19(2)25(18)29-24(30)16-28-26(31)20(3)34-27(32)23-15-8-7-12-21(23)17-33-22-13-5-4-6-14-22/h4-15,20H,16-17H2,1-3H3,(H,28,31)(H,29,30). The minimum absolute atomic E-state index is 0.175. The van der Waals surface area contributed by atoms with Gasteiger partial charge in [-0.15, -0.1) is 0 Å². The van der Waals surface area contributed by atoms with E-state index >= 15 is 0 Å². The fourth-order valence-corrected chi connectivity index (χ4v) is 3.31. The highest BCUT2D eigenvalue weighted by Gasteiger charge is 2.21. The van der Waals surface area contributed by atoms with E-state index in [4.69, 9.17) is 9.47 Å². The number of para-hydroxylation sites is 2. The van der Waals surface area contributed by atoms with Gasteiger partial charge in [0.2, 0.25) is 5.91 Å². The van der Waals surface area contributed by atoms with Crippen molar-refractivity contribution in [3.8, 4) is 5.75 Å². The van der Waals surface area contributed by atoms with Gasteiger partial charge in [0.15, 0.2) is 6.10 Å². The summed E-state index contributed by atoms with van der Waals surface area (Å²) >= 11 is 0. The summed E-state index contributed by atoms with van der Waals surface area (Å²) in [5.41, 5.74) is 3.52. The lowest BCUT2D eigenvalue weighted by Crippen LogP contribution is -2.40. The second-order valence-electron chi connectivity index (χ2n) is 7.84. The van der Waals surface area contributed by atoms with Crippen LogP contribution in [0.5, 0.6) is 5.75 Å². The Kier molecular flexibility index (Phi) is 8.40. The number of aryl methyl sites for hydroxylation is 2. The zero-order chi connectivity index (χ0) is 24.5. The van der Waals surface area contributed by atoms with E-state index in [9.17, 15) is 14.4 Å². The number of benzene rings is 3. The van der Waals surface area contributed by atoms with E-state index in [0.717, 1.165) is 16.8 Å². The van der Waals surface area contributed by atoms with Crippen LogP contribution in [0, 0.1) is 13.8 Å². The molecule has 3 aromatic rings. The number of amides is 2. The predicted molar refractivity (Wildman–Crippen MR) is 130 cm³/mol. The van der Waals surface area contributed by atoms with Gasteiger partial charge in [0.1, 0.15) is 12.4 Å². The quantitative estimate of drug-likeness (QED) is 0.467. The minimum atomic E-state index is -1.08. The molecule has 0 aliphatic rings. The molecule has 1 atom stereocenters. The maximum atomic E-state index is 12.7. The largest absolute Gasteiger partial charge is 0.489 e. The fraction of sp³-hybridized carbons (Fsp3) is 0.222. The molecule has 0 fully saturated rings. The molecule has 0 aromatic heterocycles. The second-order valence-corrected chi connectivity index (χ2v) is 7.84. The lowest BCUT2D eigenvalue weighted by molar-refractivity contribution is -0.130. The first kappa shape index (κ1) is 24.5. The Morgan fingerprint density at radius 1 is 0.853 bits per heavy atom. The molecule has 7 heteroatoms. The van der Waals surface area contributed by atoms with E-state index in [0.29, 0.717) is 16.9 Å². The van der Waals surface area contributed by atoms with Gasteiger partial charge >= 0.3 is 5.97 Å². The predicted octanol–water partition coefficient (Wildman–Crippen LogP) is 4.18. The van der Waals surface area contributed by atoms with Gasteiger partial charge in [0.25, 0.3) is 5.91 Å². The average Bonchev–Trinajstić information content (AvgIpc) is 2.84. The minimum Gasteiger partial charge on any atom is -0.489 e. The number of anilines is 1. The van der Waals surface area contributed by atoms with Gasteiger partial charge in [-0.1, -0.05) is 54.6 Å². The maximum Gasteiger partial charge on any atom is 0.339 e. The molecule has 7 nitrogen and oxygen atoms in total. The molecule has 0 aliphatic heterocycles. The number of carbonyl (C=O) groups excluding carboxylic acids is 3. The third-order valence-corrected chi connectivity index (χ3v) is 5.20. The highest BCUT2D eigenvalue weighted by molar-refractivity contribution is 5.97. The summed E-state index contributed by atoms with van der Waals surface area (Å²) in [5, 5.41) is 5.31. The first-order valence-corrected chi connectivity index (χ1v) is 11.0. The van der Waals surface area contributed by atoms with E-state index in [-0.39, 0.29) is 19.1 Å². The molecule has 0 heterocycles. The van der Waals surface area contributed by atoms with Gasteiger partial charge in [-0.2, -0.15) is 0 Å². The number of nitrogens with one attached hydrogen (secondary N) is 2. The van der Waals surface area contributed by atoms with Crippen LogP contribution in [0.1, 0.15) is 34.0 Å². The number of hydrogen-bond donors (Lipinski definition) is 2. The van der Waals surface area contributed by atoms with Crippen molar-refractivity contribution in [3.05, 3.63) is 95.1 Å². The van der Waals surface area contributed by atoms with Crippen molar-refractivity contribution in [3.63, 3.8) is 0 Å². The van der Waals surface area contributed by atoms with Gasteiger partial charge in [-0.3, -0.25) is 9.59 Å². The van der Waals surface area contributed by atoms with Crippen LogP contribution in [0.15, 0.2) is 72.8 Å². The van der Waals surface area contributed by atoms with E-state index in [1.54, 1.807) is 24.3 Å². The summed E-state index contributed by atoms with van der Waals surface area (Å²) in [7, 11) is 0. The number of hydrogen-bond acceptors (Lipinski definition) is 5. The van der Waals surface area contributed by atoms with E-state index < -0.39 is 18.0 Å². The van der Waals surface area contributed by atoms with Crippen molar-refractivity contribution >= 4 is 23.5 Å². The van der Waals surface area contributed by atoms with E-state index in [1.807, 2.05) is 62.4 Å². The summed E-state index contributed by atoms with van der Waals surface area (Å²) in [6.07, 6.45) is -1.08. The fourth-order valence-electron chi connectivity index (χ4n) is 3.31.